The van der Waals surface area contributed by atoms with Crippen LogP contribution in [0.25, 0.3) is 0 Å². The van der Waals surface area contributed by atoms with Gasteiger partial charge in [0.1, 0.15) is 18.1 Å². The zero-order chi connectivity index (χ0) is 24.3. The summed E-state index contributed by atoms with van der Waals surface area (Å²) in [4.78, 5) is 70.4. The predicted molar refractivity (Wildman–Crippen MR) is 109 cm³/mol. The summed E-state index contributed by atoms with van der Waals surface area (Å²) < 4.78 is 0. The minimum atomic E-state index is -1.64. The molecule has 3 unspecified atom stereocenters. The summed E-state index contributed by atoms with van der Waals surface area (Å²) in [5.74, 6) is -6.60. The van der Waals surface area contributed by atoms with Gasteiger partial charge in [-0.25, -0.2) is 4.79 Å². The molecule has 0 saturated heterocycles. The van der Waals surface area contributed by atoms with E-state index in [9.17, 15) is 33.9 Å². The van der Waals surface area contributed by atoms with E-state index in [1.807, 2.05) is 0 Å². The fourth-order valence-corrected chi connectivity index (χ4v) is 2.64. The van der Waals surface area contributed by atoms with Crippen molar-refractivity contribution in [3.63, 3.8) is 0 Å². The van der Waals surface area contributed by atoms with Crippen LogP contribution in [-0.2, 0) is 35.2 Å². The Bertz CT molecular complexity index is 861. The van der Waals surface area contributed by atoms with Gasteiger partial charge in [-0.05, 0) is 5.56 Å². The smallest absolute Gasteiger partial charge is 0.326 e. The molecule has 0 radical (unpaired) electrons. The summed E-state index contributed by atoms with van der Waals surface area (Å²) in [6.45, 7) is -0.495. The molecule has 0 aliphatic heterocycles. The molecule has 1 aromatic carbocycles. The number of carboxylic acid groups (broad SMARTS) is 2. The third kappa shape index (κ3) is 9.21. The predicted octanol–water partition coefficient (Wildman–Crippen LogP) is -2.92. The van der Waals surface area contributed by atoms with Gasteiger partial charge in [0.25, 0.3) is 0 Å². The van der Waals surface area contributed by atoms with Gasteiger partial charge in [0.2, 0.25) is 23.6 Å². The first-order valence-electron chi connectivity index (χ1n) is 9.40. The maximum atomic E-state index is 12.7. The van der Waals surface area contributed by atoms with Crippen molar-refractivity contribution in [1.29, 1.82) is 0 Å². The topological polar surface area (TPSA) is 231 Å². The van der Waals surface area contributed by atoms with Crippen LogP contribution in [0.15, 0.2) is 30.3 Å². The maximum Gasteiger partial charge on any atom is 0.326 e. The summed E-state index contributed by atoms with van der Waals surface area (Å²) in [7, 11) is 0. The Hall–Kier alpha value is -4.00. The van der Waals surface area contributed by atoms with Crippen LogP contribution < -0.4 is 27.4 Å². The molecule has 0 aromatic heterocycles. The van der Waals surface area contributed by atoms with Gasteiger partial charge >= 0.3 is 11.9 Å². The third-order valence-corrected chi connectivity index (χ3v) is 4.15. The fraction of sp³-hybridized carbons (Fsp3) is 0.368. The Balaban J connectivity index is 3.10. The first kappa shape index (κ1) is 26.0. The van der Waals surface area contributed by atoms with Crippen molar-refractivity contribution in [1.82, 2.24) is 16.0 Å². The zero-order valence-corrected chi connectivity index (χ0v) is 16.9. The number of carbonyl (C=O) groups excluding carboxylic acids is 4. The van der Waals surface area contributed by atoms with Gasteiger partial charge in [-0.1, -0.05) is 30.3 Å². The van der Waals surface area contributed by atoms with E-state index >= 15 is 0 Å². The molecule has 0 aliphatic carbocycles. The van der Waals surface area contributed by atoms with Crippen molar-refractivity contribution in [3.8, 4) is 0 Å². The number of nitrogens with one attached hydrogen (secondary N) is 3. The third-order valence-electron chi connectivity index (χ3n) is 4.15. The van der Waals surface area contributed by atoms with Gasteiger partial charge in [0.15, 0.2) is 0 Å². The van der Waals surface area contributed by atoms with Crippen molar-refractivity contribution in [2.45, 2.75) is 37.4 Å². The van der Waals surface area contributed by atoms with E-state index in [4.69, 9.17) is 16.6 Å². The molecule has 3 atom stereocenters. The Labute approximate surface area is 182 Å². The van der Waals surface area contributed by atoms with Crippen molar-refractivity contribution < 1.29 is 39.0 Å². The van der Waals surface area contributed by atoms with E-state index in [1.54, 1.807) is 30.3 Å². The molecule has 174 valence electrons. The van der Waals surface area contributed by atoms with E-state index in [0.717, 1.165) is 0 Å². The molecule has 32 heavy (non-hydrogen) atoms. The maximum absolute atomic E-state index is 12.7. The molecule has 13 nitrogen and oxygen atoms in total. The number of carboxylic acids is 2. The highest BCUT2D eigenvalue weighted by atomic mass is 16.4. The fourth-order valence-electron chi connectivity index (χ4n) is 2.64. The molecule has 0 aliphatic rings. The van der Waals surface area contributed by atoms with Gasteiger partial charge in [-0.2, -0.15) is 0 Å². The number of benzene rings is 1. The van der Waals surface area contributed by atoms with Crippen molar-refractivity contribution in [2.75, 3.05) is 6.54 Å². The number of rotatable bonds is 13. The van der Waals surface area contributed by atoms with Crippen LogP contribution in [0, 0.1) is 0 Å². The highest BCUT2D eigenvalue weighted by Gasteiger charge is 2.31. The minimum absolute atomic E-state index is 0.0913. The van der Waals surface area contributed by atoms with Crippen molar-refractivity contribution in [3.05, 3.63) is 35.9 Å². The normalized spacial score (nSPS) is 13.2. The minimum Gasteiger partial charge on any atom is -0.481 e. The Morgan fingerprint density at radius 3 is 1.88 bits per heavy atom. The monoisotopic (exact) mass is 451 g/mol. The average molecular weight is 451 g/mol. The van der Waals surface area contributed by atoms with Crippen LogP contribution in [0.5, 0.6) is 0 Å². The molecule has 1 aromatic rings. The molecular weight excluding hydrogens is 426 g/mol. The molecular formula is C19H25N5O8. The number of amides is 4. The quantitative estimate of drug-likeness (QED) is 0.162. The van der Waals surface area contributed by atoms with Crippen LogP contribution in [0.1, 0.15) is 18.4 Å². The molecule has 1 rings (SSSR count). The van der Waals surface area contributed by atoms with Crippen LogP contribution in [0.2, 0.25) is 0 Å². The highest BCUT2D eigenvalue weighted by Crippen LogP contribution is 2.06. The summed E-state index contributed by atoms with van der Waals surface area (Å²) >= 11 is 0. The van der Waals surface area contributed by atoms with E-state index < -0.39 is 73.1 Å². The molecule has 0 heterocycles. The second-order valence-corrected chi connectivity index (χ2v) is 6.74. The number of hydrogen-bond donors (Lipinski definition) is 7. The lowest BCUT2D eigenvalue weighted by Gasteiger charge is -2.24. The summed E-state index contributed by atoms with van der Waals surface area (Å²) in [6.07, 6.45) is -1.55. The number of aliphatic carboxylic acids is 2. The zero-order valence-electron chi connectivity index (χ0n) is 16.9. The van der Waals surface area contributed by atoms with Gasteiger partial charge in [0.05, 0.1) is 19.4 Å². The van der Waals surface area contributed by atoms with E-state index in [-0.39, 0.29) is 6.42 Å². The molecule has 0 bridgehead atoms. The first-order valence-corrected chi connectivity index (χ1v) is 9.40. The molecule has 4 amide bonds. The molecule has 13 heteroatoms. The van der Waals surface area contributed by atoms with Gasteiger partial charge in [-0.15, -0.1) is 0 Å². The number of nitrogens with two attached hydrogens (primary N) is 2. The van der Waals surface area contributed by atoms with Crippen molar-refractivity contribution in [2.24, 2.45) is 11.5 Å². The van der Waals surface area contributed by atoms with Crippen molar-refractivity contribution >= 4 is 35.6 Å². The van der Waals surface area contributed by atoms with Gasteiger partial charge < -0.3 is 37.6 Å². The lowest BCUT2D eigenvalue weighted by molar-refractivity contribution is -0.144. The van der Waals surface area contributed by atoms with Crippen LogP contribution in [-0.4, -0.2) is 70.5 Å². The molecule has 9 N–H and O–H groups in total. The van der Waals surface area contributed by atoms with Crippen LogP contribution >= 0.6 is 0 Å². The Morgan fingerprint density at radius 2 is 1.38 bits per heavy atom. The van der Waals surface area contributed by atoms with E-state index in [1.165, 1.54) is 0 Å². The van der Waals surface area contributed by atoms with Crippen LogP contribution in [0.4, 0.5) is 0 Å². The lowest BCUT2D eigenvalue weighted by atomic mass is 10.0. The molecule has 0 spiro atoms. The number of hydrogen-bond acceptors (Lipinski definition) is 7. The summed E-state index contributed by atoms with van der Waals surface area (Å²) in [5.41, 5.74) is 10.8. The average Bonchev–Trinajstić information content (AvgIpc) is 2.72. The lowest BCUT2D eigenvalue weighted by Crippen LogP contribution is -2.57. The Morgan fingerprint density at radius 1 is 0.812 bits per heavy atom. The summed E-state index contributed by atoms with van der Waals surface area (Å²) in [5, 5.41) is 24.8. The summed E-state index contributed by atoms with van der Waals surface area (Å²) in [6, 6.07) is 3.84. The number of primary amides is 1. The standard InChI is InChI=1S/C19H25N5O8/c20-9-15(26)22-12(8-16(27)28)18(30)23-11(6-10-4-2-1-3-5-10)17(29)24-13(19(31)32)7-14(21)25/h1-5,11-13H,6-9,20H2,(H2,21,25)(H,22,26)(H,23,30)(H,24,29)(H,27,28)(H,31,32). The SMILES string of the molecule is NCC(=O)NC(CC(=O)O)C(=O)NC(Cc1ccccc1)C(=O)NC(CC(N)=O)C(=O)O. The Kier molecular flexibility index (Phi) is 10.3. The second kappa shape index (κ2) is 12.6. The van der Waals surface area contributed by atoms with Crippen LogP contribution in [0.3, 0.4) is 0 Å². The molecule has 0 saturated carbocycles. The highest BCUT2D eigenvalue weighted by molar-refractivity contribution is 5.95. The molecule has 0 fully saturated rings. The van der Waals surface area contributed by atoms with E-state index in [2.05, 4.69) is 16.0 Å². The van der Waals surface area contributed by atoms with Gasteiger partial charge in [-0.3, -0.25) is 24.0 Å². The largest absolute Gasteiger partial charge is 0.481 e. The second-order valence-electron chi connectivity index (χ2n) is 6.74. The number of carbonyl (C=O) groups is 6. The first-order chi connectivity index (χ1) is 15.0. The van der Waals surface area contributed by atoms with E-state index in [0.29, 0.717) is 5.56 Å². The van der Waals surface area contributed by atoms with Gasteiger partial charge in [0, 0.05) is 6.42 Å².